The van der Waals surface area contributed by atoms with Gasteiger partial charge in [0.05, 0.1) is 23.7 Å². The van der Waals surface area contributed by atoms with E-state index in [4.69, 9.17) is 9.47 Å². The summed E-state index contributed by atoms with van der Waals surface area (Å²) in [4.78, 5) is 28.8. The van der Waals surface area contributed by atoms with E-state index in [2.05, 4.69) is 9.73 Å². The molecule has 0 radical (unpaired) electrons. The van der Waals surface area contributed by atoms with Crippen molar-refractivity contribution in [3.05, 3.63) is 53.1 Å². The number of ether oxygens (including phenoxy) is 3. The fraction of sp³-hybridized carbons (Fsp3) is 0.250. The molecular weight excluding hydrogens is 399 g/mol. The molecule has 1 atom stereocenters. The molecule has 0 spiro atoms. The van der Waals surface area contributed by atoms with Crippen LogP contribution in [0.3, 0.4) is 0 Å². The van der Waals surface area contributed by atoms with Crippen LogP contribution in [0.2, 0.25) is 0 Å². The Balaban J connectivity index is 1.67. The van der Waals surface area contributed by atoms with Gasteiger partial charge in [-0.15, -0.1) is 0 Å². The van der Waals surface area contributed by atoms with E-state index in [9.17, 15) is 14.0 Å². The first-order chi connectivity index (χ1) is 14.0. The highest BCUT2D eigenvalue weighted by molar-refractivity contribution is 7.16. The molecule has 4 rings (SSSR count). The van der Waals surface area contributed by atoms with Crippen LogP contribution in [0.1, 0.15) is 6.42 Å². The number of nitrogens with zero attached hydrogens (tertiary/aromatic N) is 2. The lowest BCUT2D eigenvalue weighted by Gasteiger charge is -2.23. The minimum Gasteiger partial charge on any atom is -0.485 e. The lowest BCUT2D eigenvalue weighted by atomic mass is 10.2. The maximum Gasteiger partial charge on any atom is 0.307 e. The van der Waals surface area contributed by atoms with Gasteiger partial charge in [0.15, 0.2) is 16.3 Å². The molecule has 0 fully saturated rings. The number of rotatable bonds is 4. The van der Waals surface area contributed by atoms with Crippen LogP contribution in [0.25, 0.3) is 10.2 Å². The monoisotopic (exact) mass is 416 g/mol. The van der Waals surface area contributed by atoms with E-state index >= 15 is 0 Å². The van der Waals surface area contributed by atoms with Gasteiger partial charge in [-0.25, -0.2) is 4.39 Å². The molecule has 0 N–H and O–H groups in total. The molecule has 1 amide bonds. The third kappa shape index (κ3) is 4.00. The van der Waals surface area contributed by atoms with Gasteiger partial charge in [-0.1, -0.05) is 23.5 Å². The summed E-state index contributed by atoms with van der Waals surface area (Å²) in [5, 5.41) is 0. The van der Waals surface area contributed by atoms with Gasteiger partial charge in [0.25, 0.3) is 5.91 Å². The Labute approximate surface area is 169 Å². The highest BCUT2D eigenvalue weighted by Gasteiger charge is 2.27. The van der Waals surface area contributed by atoms with E-state index in [1.165, 1.54) is 19.2 Å². The smallest absolute Gasteiger partial charge is 0.307 e. The zero-order chi connectivity index (χ0) is 20.4. The molecule has 150 valence electrons. The number of amides is 1. The first kappa shape index (κ1) is 19.1. The number of hydrogen-bond acceptors (Lipinski definition) is 6. The van der Waals surface area contributed by atoms with Crippen LogP contribution < -0.4 is 14.3 Å². The van der Waals surface area contributed by atoms with Crippen molar-refractivity contribution < 1.29 is 28.2 Å². The number of carbonyl (C=O) groups excluding carboxylic acids is 2. The van der Waals surface area contributed by atoms with Gasteiger partial charge >= 0.3 is 5.97 Å². The lowest BCUT2D eigenvalue weighted by molar-refractivity contribution is -0.140. The van der Waals surface area contributed by atoms with Crippen molar-refractivity contribution in [2.75, 3.05) is 13.7 Å². The number of para-hydroxylation sites is 2. The molecule has 9 heteroatoms. The van der Waals surface area contributed by atoms with E-state index in [0.717, 1.165) is 11.3 Å². The van der Waals surface area contributed by atoms with Gasteiger partial charge in [-0.3, -0.25) is 9.59 Å². The Morgan fingerprint density at radius 2 is 2.07 bits per heavy atom. The van der Waals surface area contributed by atoms with E-state index in [-0.39, 0.29) is 19.6 Å². The molecule has 0 bridgehead atoms. The lowest BCUT2D eigenvalue weighted by Crippen LogP contribution is -2.36. The van der Waals surface area contributed by atoms with Crippen molar-refractivity contribution in [3.63, 3.8) is 0 Å². The molecule has 1 aromatic heterocycles. The van der Waals surface area contributed by atoms with Gasteiger partial charge in [0.2, 0.25) is 6.10 Å². The first-order valence-electron chi connectivity index (χ1n) is 8.88. The van der Waals surface area contributed by atoms with Crippen LogP contribution in [-0.4, -0.2) is 36.3 Å². The van der Waals surface area contributed by atoms with Crippen molar-refractivity contribution >= 4 is 33.4 Å². The summed E-state index contributed by atoms with van der Waals surface area (Å²) in [6, 6.07) is 11.4. The molecule has 3 aromatic rings. The molecular formula is C20H17FN2O5S. The molecule has 2 aromatic carbocycles. The standard InChI is InChI=1S/C20H17FN2O5S/c1-26-18(24)8-9-23-13-7-6-12(21)10-17(13)29-20(23)22-19(25)16-11-27-14-4-2-3-5-15(14)28-16/h2-7,10,16H,8-9,11H2,1H3/t16-/m1/s1. The van der Waals surface area contributed by atoms with Crippen LogP contribution in [0.15, 0.2) is 47.5 Å². The Morgan fingerprint density at radius 1 is 1.28 bits per heavy atom. The topological polar surface area (TPSA) is 79.1 Å². The Kier molecular flexibility index (Phi) is 5.30. The molecule has 29 heavy (non-hydrogen) atoms. The molecule has 2 heterocycles. The van der Waals surface area contributed by atoms with Crippen molar-refractivity contribution in [2.45, 2.75) is 19.1 Å². The summed E-state index contributed by atoms with van der Waals surface area (Å²) in [6.45, 7) is 0.288. The summed E-state index contributed by atoms with van der Waals surface area (Å²) >= 11 is 1.16. The maximum absolute atomic E-state index is 13.6. The second-order valence-corrected chi connectivity index (χ2v) is 7.30. The van der Waals surface area contributed by atoms with E-state index < -0.39 is 23.8 Å². The zero-order valence-corrected chi connectivity index (χ0v) is 16.3. The normalized spacial score (nSPS) is 16.1. The number of esters is 1. The molecule has 0 aliphatic carbocycles. The van der Waals surface area contributed by atoms with Gasteiger partial charge < -0.3 is 18.8 Å². The van der Waals surface area contributed by atoms with Crippen LogP contribution >= 0.6 is 11.3 Å². The minimum absolute atomic E-state index is 0.0427. The number of carbonyl (C=O) groups is 2. The van der Waals surface area contributed by atoms with Crippen molar-refractivity contribution in [1.82, 2.24) is 4.57 Å². The minimum atomic E-state index is -0.888. The van der Waals surface area contributed by atoms with Crippen LogP contribution in [0, 0.1) is 5.82 Å². The molecule has 1 aliphatic heterocycles. The third-order valence-corrected chi connectivity index (χ3v) is 5.44. The number of benzene rings is 2. The van der Waals surface area contributed by atoms with Crippen molar-refractivity contribution in [1.29, 1.82) is 0 Å². The van der Waals surface area contributed by atoms with E-state index in [0.29, 0.717) is 26.5 Å². The molecule has 7 nitrogen and oxygen atoms in total. The number of fused-ring (bicyclic) bond motifs is 2. The fourth-order valence-corrected chi connectivity index (χ4v) is 4.05. The SMILES string of the molecule is COC(=O)CCn1c(=NC(=O)[C@H]2COc3ccccc3O2)sc2cc(F)ccc21. The average Bonchev–Trinajstić information content (AvgIpc) is 3.07. The Morgan fingerprint density at radius 3 is 2.86 bits per heavy atom. The number of hydrogen-bond donors (Lipinski definition) is 0. The largest absolute Gasteiger partial charge is 0.485 e. The van der Waals surface area contributed by atoms with Gasteiger partial charge in [-0.05, 0) is 30.3 Å². The molecule has 0 unspecified atom stereocenters. The third-order valence-electron chi connectivity index (χ3n) is 4.40. The zero-order valence-electron chi connectivity index (χ0n) is 15.5. The predicted molar refractivity (Wildman–Crippen MR) is 103 cm³/mol. The van der Waals surface area contributed by atoms with Crippen LogP contribution in [-0.2, 0) is 20.9 Å². The van der Waals surface area contributed by atoms with Gasteiger partial charge in [0.1, 0.15) is 12.4 Å². The molecule has 0 saturated heterocycles. The number of thiazole rings is 1. The summed E-state index contributed by atoms with van der Waals surface area (Å²) in [7, 11) is 1.31. The van der Waals surface area contributed by atoms with Crippen LogP contribution in [0.4, 0.5) is 4.39 Å². The highest BCUT2D eigenvalue weighted by atomic mass is 32.1. The quantitative estimate of drug-likeness (QED) is 0.611. The Bertz CT molecular complexity index is 1150. The molecule has 1 aliphatic rings. The fourth-order valence-electron chi connectivity index (χ4n) is 2.96. The second kappa shape index (κ2) is 8.04. The number of methoxy groups -OCH3 is 1. The summed E-state index contributed by atoms with van der Waals surface area (Å²) in [6.07, 6.45) is -0.793. The number of aromatic nitrogens is 1. The van der Waals surface area contributed by atoms with Gasteiger partial charge in [0, 0.05) is 6.54 Å². The number of aryl methyl sites for hydroxylation is 1. The maximum atomic E-state index is 13.6. The number of halogens is 1. The highest BCUT2D eigenvalue weighted by Crippen LogP contribution is 2.31. The Hall–Kier alpha value is -3.20. The van der Waals surface area contributed by atoms with E-state index in [1.807, 2.05) is 6.07 Å². The van der Waals surface area contributed by atoms with Crippen LogP contribution in [0.5, 0.6) is 11.5 Å². The summed E-state index contributed by atoms with van der Waals surface area (Å²) in [5.41, 5.74) is 0.679. The summed E-state index contributed by atoms with van der Waals surface area (Å²) in [5.74, 6) is -0.251. The second-order valence-electron chi connectivity index (χ2n) is 6.29. The van der Waals surface area contributed by atoms with Gasteiger partial charge in [-0.2, -0.15) is 4.99 Å². The van der Waals surface area contributed by atoms with E-state index in [1.54, 1.807) is 28.8 Å². The predicted octanol–water partition coefficient (Wildman–Crippen LogP) is 2.67. The average molecular weight is 416 g/mol. The van der Waals surface area contributed by atoms with Crippen molar-refractivity contribution in [2.24, 2.45) is 4.99 Å². The summed E-state index contributed by atoms with van der Waals surface area (Å²) < 4.78 is 31.9. The molecule has 0 saturated carbocycles. The first-order valence-corrected chi connectivity index (χ1v) is 9.69. The van der Waals surface area contributed by atoms with Crippen molar-refractivity contribution in [3.8, 4) is 11.5 Å².